The molecule has 0 aliphatic carbocycles. The predicted octanol–water partition coefficient (Wildman–Crippen LogP) is 1.28. The zero-order valence-corrected chi connectivity index (χ0v) is 6.88. The molecule has 1 rings (SSSR count). The highest BCUT2D eigenvalue weighted by atomic mass is 15.5. The highest BCUT2D eigenvalue weighted by Crippen LogP contribution is 2.10. The van der Waals surface area contributed by atoms with Crippen LogP contribution in [0, 0.1) is 0 Å². The van der Waals surface area contributed by atoms with Gasteiger partial charge in [-0.15, -0.1) is 0 Å². The summed E-state index contributed by atoms with van der Waals surface area (Å²) in [7, 11) is 0. The Balaban J connectivity index is 2.70. The molecule has 0 amide bonds. The summed E-state index contributed by atoms with van der Waals surface area (Å²) in [6.45, 7) is 11.1. The lowest BCUT2D eigenvalue weighted by Crippen LogP contribution is -2.22. The molecular formula is C8H13N3. The van der Waals surface area contributed by atoms with Crippen molar-refractivity contribution in [2.45, 2.75) is 13.3 Å². The van der Waals surface area contributed by atoms with Crippen LogP contribution < -0.4 is 0 Å². The zero-order valence-electron chi connectivity index (χ0n) is 6.88. The molecule has 1 heterocycles. The fraction of sp³-hybridized carbons (Fsp3) is 0.500. The van der Waals surface area contributed by atoms with E-state index >= 15 is 0 Å². The van der Waals surface area contributed by atoms with Crippen molar-refractivity contribution < 1.29 is 0 Å². The number of amidine groups is 1. The van der Waals surface area contributed by atoms with Crippen molar-refractivity contribution in [1.29, 1.82) is 0 Å². The zero-order chi connectivity index (χ0) is 8.27. The second-order valence-corrected chi connectivity index (χ2v) is 2.43. The van der Waals surface area contributed by atoms with Crippen LogP contribution in [-0.4, -0.2) is 30.7 Å². The monoisotopic (exact) mass is 151 g/mol. The molecule has 0 atom stereocenters. The Morgan fingerprint density at radius 1 is 1.82 bits per heavy atom. The van der Waals surface area contributed by atoms with Crippen LogP contribution in [0.4, 0.5) is 0 Å². The molecule has 0 unspecified atom stereocenters. The summed E-state index contributed by atoms with van der Waals surface area (Å²) in [4.78, 5) is 4.27. The summed E-state index contributed by atoms with van der Waals surface area (Å²) in [5, 5.41) is 5.63. The number of aliphatic imine (C=N–C) groups is 1. The van der Waals surface area contributed by atoms with Crippen molar-refractivity contribution in [3.8, 4) is 0 Å². The van der Waals surface area contributed by atoms with Gasteiger partial charge in [-0.1, -0.05) is 13.5 Å². The number of hydrogen-bond acceptors (Lipinski definition) is 3. The van der Waals surface area contributed by atoms with Crippen LogP contribution in [0.3, 0.4) is 0 Å². The summed E-state index contributed by atoms with van der Waals surface area (Å²) in [6, 6.07) is 0. The molecule has 1 aliphatic heterocycles. The first-order valence-corrected chi connectivity index (χ1v) is 3.76. The van der Waals surface area contributed by atoms with Crippen molar-refractivity contribution in [2.24, 2.45) is 10.1 Å². The van der Waals surface area contributed by atoms with Crippen LogP contribution in [0.1, 0.15) is 13.3 Å². The Bertz CT molecular complexity index is 205. The van der Waals surface area contributed by atoms with E-state index in [2.05, 4.69) is 30.3 Å². The van der Waals surface area contributed by atoms with Gasteiger partial charge in [0.2, 0.25) is 0 Å². The van der Waals surface area contributed by atoms with Gasteiger partial charge in [0, 0.05) is 6.72 Å². The van der Waals surface area contributed by atoms with E-state index in [1.807, 2.05) is 0 Å². The molecule has 3 heteroatoms. The molecule has 1 aliphatic rings. The van der Waals surface area contributed by atoms with E-state index in [4.69, 9.17) is 0 Å². The maximum Gasteiger partial charge on any atom is 0.146 e. The van der Waals surface area contributed by atoms with Crippen LogP contribution in [0.5, 0.6) is 0 Å². The van der Waals surface area contributed by atoms with Gasteiger partial charge < -0.3 is 0 Å². The molecule has 0 N–H and O–H groups in total. The Labute approximate surface area is 67.1 Å². The molecule has 0 aromatic heterocycles. The summed E-state index contributed by atoms with van der Waals surface area (Å²) in [5.41, 5.74) is 1.04. The highest BCUT2D eigenvalue weighted by Gasteiger charge is 2.16. The van der Waals surface area contributed by atoms with Gasteiger partial charge in [-0.3, -0.25) is 4.99 Å². The highest BCUT2D eigenvalue weighted by molar-refractivity contribution is 5.98. The quantitative estimate of drug-likeness (QED) is 0.558. The minimum atomic E-state index is 0.813. The van der Waals surface area contributed by atoms with Gasteiger partial charge in [-0.25, -0.2) is 5.01 Å². The summed E-state index contributed by atoms with van der Waals surface area (Å²) >= 11 is 0. The molecule has 0 radical (unpaired) electrons. The average molecular weight is 151 g/mol. The third-order valence-electron chi connectivity index (χ3n) is 1.73. The van der Waals surface area contributed by atoms with E-state index in [0.29, 0.717) is 0 Å². The molecule has 60 valence electrons. The summed E-state index contributed by atoms with van der Waals surface area (Å²) in [6.07, 6.45) is 0.921. The lowest BCUT2D eigenvalue weighted by molar-refractivity contribution is 0.492. The average Bonchev–Trinajstić information content (AvgIpc) is 2.50. The number of rotatable bonds is 3. The van der Waals surface area contributed by atoms with Gasteiger partial charge >= 0.3 is 0 Å². The van der Waals surface area contributed by atoms with Gasteiger partial charge in [-0.2, -0.15) is 5.10 Å². The first-order valence-electron chi connectivity index (χ1n) is 3.76. The first-order chi connectivity index (χ1) is 5.29. The standard InChI is InChI=1S/C8H13N3/c1-4-7(2)8-10-5-6-11(8)9-3/h2-6H2,1H3. The number of nitrogens with zero attached hydrogens (tertiary/aromatic N) is 3. The number of hydrogen-bond donors (Lipinski definition) is 0. The minimum absolute atomic E-state index is 0.813. The lowest BCUT2D eigenvalue weighted by atomic mass is 10.2. The van der Waals surface area contributed by atoms with E-state index in [9.17, 15) is 0 Å². The molecular weight excluding hydrogens is 138 g/mol. The molecule has 0 bridgehead atoms. The van der Waals surface area contributed by atoms with Gasteiger partial charge in [-0.05, 0) is 12.0 Å². The van der Waals surface area contributed by atoms with Gasteiger partial charge in [0.25, 0.3) is 0 Å². The lowest BCUT2D eigenvalue weighted by Gasteiger charge is -2.13. The maximum absolute atomic E-state index is 4.27. The van der Waals surface area contributed by atoms with E-state index < -0.39 is 0 Å². The van der Waals surface area contributed by atoms with Crippen molar-refractivity contribution in [1.82, 2.24) is 5.01 Å². The Morgan fingerprint density at radius 3 is 3.09 bits per heavy atom. The molecule has 0 fully saturated rings. The molecule has 0 saturated carbocycles. The molecule has 0 aromatic rings. The van der Waals surface area contributed by atoms with Crippen LogP contribution in [0.25, 0.3) is 0 Å². The largest absolute Gasteiger partial charge is 0.265 e. The third-order valence-corrected chi connectivity index (χ3v) is 1.73. The van der Waals surface area contributed by atoms with E-state index in [0.717, 1.165) is 30.9 Å². The Morgan fingerprint density at radius 2 is 2.55 bits per heavy atom. The van der Waals surface area contributed by atoms with Gasteiger partial charge in [0.05, 0.1) is 13.1 Å². The number of hydrazone groups is 1. The molecule has 3 nitrogen and oxygen atoms in total. The molecule has 0 spiro atoms. The SMILES string of the molecule is C=NN1CCN=C1C(=C)CC. The summed E-state index contributed by atoms with van der Waals surface area (Å²) < 4.78 is 0. The van der Waals surface area contributed by atoms with Gasteiger partial charge in [0.1, 0.15) is 5.84 Å². The molecule has 11 heavy (non-hydrogen) atoms. The van der Waals surface area contributed by atoms with Gasteiger partial charge in [0.15, 0.2) is 0 Å². The van der Waals surface area contributed by atoms with Crippen LogP contribution in [0.15, 0.2) is 22.2 Å². The maximum atomic E-state index is 4.27. The smallest absolute Gasteiger partial charge is 0.146 e. The second-order valence-electron chi connectivity index (χ2n) is 2.43. The fourth-order valence-electron chi connectivity index (χ4n) is 1.03. The van der Waals surface area contributed by atoms with Crippen molar-refractivity contribution in [3.05, 3.63) is 12.2 Å². The second kappa shape index (κ2) is 3.32. The summed E-state index contributed by atoms with van der Waals surface area (Å²) in [5.74, 6) is 0.905. The topological polar surface area (TPSA) is 28.0 Å². The predicted molar refractivity (Wildman–Crippen MR) is 48.0 cm³/mol. The normalized spacial score (nSPS) is 16.5. The van der Waals surface area contributed by atoms with Crippen LogP contribution in [0.2, 0.25) is 0 Å². The fourth-order valence-corrected chi connectivity index (χ4v) is 1.03. The van der Waals surface area contributed by atoms with Crippen LogP contribution >= 0.6 is 0 Å². The molecule has 0 saturated heterocycles. The Hall–Kier alpha value is -1.12. The minimum Gasteiger partial charge on any atom is -0.265 e. The van der Waals surface area contributed by atoms with E-state index in [1.165, 1.54) is 0 Å². The van der Waals surface area contributed by atoms with Crippen LogP contribution in [-0.2, 0) is 0 Å². The Kier molecular flexibility index (Phi) is 2.41. The molecule has 0 aromatic carbocycles. The van der Waals surface area contributed by atoms with Crippen molar-refractivity contribution >= 4 is 12.6 Å². The van der Waals surface area contributed by atoms with E-state index in [-0.39, 0.29) is 0 Å². The third kappa shape index (κ3) is 1.48. The van der Waals surface area contributed by atoms with Crippen molar-refractivity contribution in [2.75, 3.05) is 13.1 Å². The first kappa shape index (κ1) is 7.98. The van der Waals surface area contributed by atoms with E-state index in [1.54, 1.807) is 5.01 Å². The van der Waals surface area contributed by atoms with Crippen molar-refractivity contribution in [3.63, 3.8) is 0 Å².